The minimum Gasteiger partial charge on any atom is -0.477 e. The Bertz CT molecular complexity index is 613. The van der Waals surface area contributed by atoms with Crippen LogP contribution in [0.15, 0.2) is 16.3 Å². The Labute approximate surface area is 121 Å². The van der Waals surface area contributed by atoms with Gasteiger partial charge in [-0.15, -0.1) is 11.3 Å². The van der Waals surface area contributed by atoms with Gasteiger partial charge in [0, 0.05) is 10.9 Å². The van der Waals surface area contributed by atoms with Crippen LogP contribution in [0.4, 0.5) is 0 Å². The number of carbonyl (C=O) groups excluding carboxylic acids is 1. The van der Waals surface area contributed by atoms with Crippen LogP contribution in [0.3, 0.4) is 0 Å². The van der Waals surface area contributed by atoms with Crippen LogP contribution in [-0.2, 0) is 14.8 Å². The minimum atomic E-state index is -3.89. The standard InChI is InChI=1S/C11H16N2O5S2/c1-11(2,3)13-9(14)5-12-20(17,18)7-4-8(10(15)16)19-6-7/h4,6,12H,5H2,1-3H3,(H,13,14)(H,15,16). The molecule has 1 aromatic rings. The van der Waals surface area contributed by atoms with Gasteiger partial charge in [0.2, 0.25) is 15.9 Å². The molecule has 1 rings (SSSR count). The van der Waals surface area contributed by atoms with Gasteiger partial charge >= 0.3 is 5.97 Å². The lowest BCUT2D eigenvalue weighted by molar-refractivity contribution is -0.121. The molecule has 0 saturated heterocycles. The summed E-state index contributed by atoms with van der Waals surface area (Å²) in [5.74, 6) is -1.66. The summed E-state index contributed by atoms with van der Waals surface area (Å²) in [6, 6.07) is 1.05. The molecule has 0 aliphatic carbocycles. The van der Waals surface area contributed by atoms with Gasteiger partial charge in [-0.05, 0) is 26.8 Å². The van der Waals surface area contributed by atoms with E-state index < -0.39 is 34.0 Å². The van der Waals surface area contributed by atoms with Crippen LogP contribution in [0.1, 0.15) is 30.4 Å². The van der Waals surface area contributed by atoms with Gasteiger partial charge in [-0.25, -0.2) is 17.9 Å². The third-order valence-electron chi connectivity index (χ3n) is 2.03. The van der Waals surface area contributed by atoms with Crippen molar-refractivity contribution < 1.29 is 23.1 Å². The second-order valence-electron chi connectivity index (χ2n) is 5.07. The molecule has 7 nitrogen and oxygen atoms in total. The van der Waals surface area contributed by atoms with Crippen molar-refractivity contribution in [3.05, 3.63) is 16.3 Å². The highest BCUT2D eigenvalue weighted by Crippen LogP contribution is 2.18. The Morgan fingerprint density at radius 2 is 1.95 bits per heavy atom. The number of hydrogen-bond acceptors (Lipinski definition) is 5. The lowest BCUT2D eigenvalue weighted by Crippen LogP contribution is -2.45. The lowest BCUT2D eigenvalue weighted by Gasteiger charge is -2.20. The predicted molar refractivity (Wildman–Crippen MR) is 74.4 cm³/mol. The molecule has 0 fully saturated rings. The second kappa shape index (κ2) is 5.90. The van der Waals surface area contributed by atoms with Gasteiger partial charge in [0.05, 0.1) is 11.4 Å². The van der Waals surface area contributed by atoms with Crippen molar-refractivity contribution in [1.29, 1.82) is 0 Å². The first-order valence-electron chi connectivity index (χ1n) is 5.64. The van der Waals surface area contributed by atoms with Gasteiger partial charge in [0.25, 0.3) is 0 Å². The summed E-state index contributed by atoms with van der Waals surface area (Å²) >= 11 is 0.810. The topological polar surface area (TPSA) is 113 Å². The molecule has 112 valence electrons. The normalized spacial score (nSPS) is 12.2. The molecule has 1 heterocycles. The molecule has 9 heteroatoms. The van der Waals surface area contributed by atoms with E-state index >= 15 is 0 Å². The van der Waals surface area contributed by atoms with E-state index in [1.54, 1.807) is 20.8 Å². The summed E-state index contributed by atoms with van der Waals surface area (Å²) in [4.78, 5) is 22.0. The molecular weight excluding hydrogens is 304 g/mol. The van der Waals surface area contributed by atoms with Gasteiger partial charge in [-0.1, -0.05) is 0 Å². The quantitative estimate of drug-likeness (QED) is 0.737. The van der Waals surface area contributed by atoms with Crippen molar-refractivity contribution in [2.45, 2.75) is 31.2 Å². The summed E-state index contributed by atoms with van der Waals surface area (Å²) in [7, 11) is -3.89. The number of amides is 1. The Kier molecular flexibility index (Phi) is 4.90. The van der Waals surface area contributed by atoms with Crippen LogP contribution in [-0.4, -0.2) is 37.5 Å². The zero-order chi connectivity index (χ0) is 15.6. The van der Waals surface area contributed by atoms with Crippen LogP contribution in [0.5, 0.6) is 0 Å². The number of carboxylic acid groups (broad SMARTS) is 1. The molecule has 0 bridgehead atoms. The molecule has 0 saturated carbocycles. The number of sulfonamides is 1. The average Bonchev–Trinajstić information content (AvgIpc) is 2.74. The molecule has 0 aliphatic heterocycles. The van der Waals surface area contributed by atoms with Gasteiger partial charge < -0.3 is 10.4 Å². The van der Waals surface area contributed by atoms with Crippen molar-refractivity contribution in [2.24, 2.45) is 0 Å². The van der Waals surface area contributed by atoms with Crippen molar-refractivity contribution in [2.75, 3.05) is 6.54 Å². The van der Waals surface area contributed by atoms with E-state index in [0.29, 0.717) is 0 Å². The zero-order valence-corrected chi connectivity index (χ0v) is 12.9. The Balaban J connectivity index is 2.70. The Hall–Kier alpha value is -1.45. The maximum Gasteiger partial charge on any atom is 0.345 e. The molecule has 0 aromatic carbocycles. The maximum absolute atomic E-state index is 11.9. The maximum atomic E-state index is 11.9. The molecule has 20 heavy (non-hydrogen) atoms. The largest absolute Gasteiger partial charge is 0.477 e. The molecule has 0 radical (unpaired) electrons. The number of carboxylic acids is 1. The first kappa shape index (κ1) is 16.6. The third-order valence-corrected chi connectivity index (χ3v) is 4.48. The molecule has 0 unspecified atom stereocenters. The van der Waals surface area contributed by atoms with Crippen molar-refractivity contribution >= 4 is 33.2 Å². The molecule has 3 N–H and O–H groups in total. The third kappa shape index (κ3) is 4.91. The average molecular weight is 320 g/mol. The van der Waals surface area contributed by atoms with Crippen LogP contribution in [0.2, 0.25) is 0 Å². The van der Waals surface area contributed by atoms with Crippen LogP contribution in [0.25, 0.3) is 0 Å². The van der Waals surface area contributed by atoms with Crippen LogP contribution >= 0.6 is 11.3 Å². The monoisotopic (exact) mass is 320 g/mol. The van der Waals surface area contributed by atoms with Crippen LogP contribution in [0, 0.1) is 0 Å². The molecule has 0 atom stereocenters. The second-order valence-corrected chi connectivity index (χ2v) is 7.75. The molecule has 0 aliphatic rings. The highest BCUT2D eigenvalue weighted by atomic mass is 32.2. The van der Waals surface area contributed by atoms with Crippen molar-refractivity contribution in [1.82, 2.24) is 10.0 Å². The van der Waals surface area contributed by atoms with E-state index in [0.717, 1.165) is 17.4 Å². The van der Waals surface area contributed by atoms with E-state index in [1.807, 2.05) is 0 Å². The van der Waals surface area contributed by atoms with Gasteiger partial charge in [-0.2, -0.15) is 0 Å². The van der Waals surface area contributed by atoms with Crippen molar-refractivity contribution in [3.8, 4) is 0 Å². The summed E-state index contributed by atoms with van der Waals surface area (Å²) in [5, 5.41) is 12.6. The van der Waals surface area contributed by atoms with Gasteiger partial charge in [0.1, 0.15) is 4.88 Å². The summed E-state index contributed by atoms with van der Waals surface area (Å²) in [6.07, 6.45) is 0. The summed E-state index contributed by atoms with van der Waals surface area (Å²) in [5.41, 5.74) is -0.457. The first-order chi connectivity index (χ1) is 9.01. The molecule has 0 spiro atoms. The van der Waals surface area contributed by atoms with E-state index in [1.165, 1.54) is 5.38 Å². The highest BCUT2D eigenvalue weighted by molar-refractivity contribution is 7.89. The summed E-state index contributed by atoms with van der Waals surface area (Å²) < 4.78 is 25.8. The van der Waals surface area contributed by atoms with E-state index in [4.69, 9.17) is 5.11 Å². The zero-order valence-electron chi connectivity index (χ0n) is 11.3. The summed E-state index contributed by atoms with van der Waals surface area (Å²) in [6.45, 7) is 4.92. The number of nitrogens with one attached hydrogen (secondary N) is 2. The van der Waals surface area contributed by atoms with Crippen LogP contribution < -0.4 is 10.0 Å². The first-order valence-corrected chi connectivity index (χ1v) is 8.00. The Morgan fingerprint density at radius 1 is 1.35 bits per heavy atom. The fraction of sp³-hybridized carbons (Fsp3) is 0.455. The number of aromatic carboxylic acids is 1. The smallest absolute Gasteiger partial charge is 0.345 e. The number of carbonyl (C=O) groups is 2. The van der Waals surface area contributed by atoms with E-state index in [2.05, 4.69) is 10.0 Å². The minimum absolute atomic E-state index is 0.0791. The predicted octanol–water partition coefficient (Wildman–Crippen LogP) is 0.639. The molecule has 1 amide bonds. The lowest BCUT2D eigenvalue weighted by atomic mass is 10.1. The molecular formula is C11H16N2O5S2. The number of hydrogen-bond donors (Lipinski definition) is 3. The van der Waals surface area contributed by atoms with Crippen molar-refractivity contribution in [3.63, 3.8) is 0 Å². The number of thiophene rings is 1. The fourth-order valence-corrected chi connectivity index (χ4v) is 3.37. The van der Waals surface area contributed by atoms with Gasteiger partial charge in [-0.3, -0.25) is 4.79 Å². The number of rotatable bonds is 5. The fourth-order valence-electron chi connectivity index (χ4n) is 1.28. The van der Waals surface area contributed by atoms with E-state index in [-0.39, 0.29) is 9.77 Å². The van der Waals surface area contributed by atoms with Gasteiger partial charge in [0.15, 0.2) is 0 Å². The highest BCUT2D eigenvalue weighted by Gasteiger charge is 2.20. The molecule has 1 aromatic heterocycles. The van der Waals surface area contributed by atoms with E-state index in [9.17, 15) is 18.0 Å². The Morgan fingerprint density at radius 3 is 2.40 bits per heavy atom. The SMILES string of the molecule is CC(C)(C)NC(=O)CNS(=O)(=O)c1csc(C(=O)O)c1.